The molecule has 3 N–H and O–H groups in total. The zero-order valence-corrected chi connectivity index (χ0v) is 11.5. The maximum Gasteiger partial charge on any atom is 0.215 e. The van der Waals surface area contributed by atoms with E-state index in [4.69, 9.17) is 10.5 Å². The lowest BCUT2D eigenvalue weighted by atomic mass is 10.0. The number of ether oxygens (including phenoxy) is 1. The molecule has 0 aliphatic carbocycles. The Morgan fingerprint density at radius 2 is 1.89 bits per heavy atom. The number of hydrogen-bond donors (Lipinski definition) is 2. The van der Waals surface area contributed by atoms with Crippen LogP contribution >= 0.6 is 0 Å². The molecule has 0 bridgehead atoms. The van der Waals surface area contributed by atoms with Crippen LogP contribution in [0, 0.1) is 0 Å². The number of methoxy groups -OCH3 is 1. The Morgan fingerprint density at radius 3 is 2.58 bits per heavy atom. The molecule has 1 aromatic carbocycles. The van der Waals surface area contributed by atoms with Crippen LogP contribution in [-0.4, -0.2) is 12.1 Å². The van der Waals surface area contributed by atoms with Crippen molar-refractivity contribution >= 4 is 17.2 Å². The van der Waals surface area contributed by atoms with Gasteiger partial charge in [-0.3, -0.25) is 0 Å². The monoisotopic (exact) mass is 257 g/mol. The van der Waals surface area contributed by atoms with Gasteiger partial charge >= 0.3 is 0 Å². The van der Waals surface area contributed by atoms with Gasteiger partial charge in [-0.15, -0.1) is 0 Å². The van der Waals surface area contributed by atoms with E-state index in [1.165, 1.54) is 5.56 Å². The second-order valence-electron chi connectivity index (χ2n) is 4.66. The summed E-state index contributed by atoms with van der Waals surface area (Å²) in [5, 5.41) is 3.28. The van der Waals surface area contributed by atoms with Gasteiger partial charge in [0.15, 0.2) is 5.82 Å². The van der Waals surface area contributed by atoms with Crippen molar-refractivity contribution in [2.24, 2.45) is 0 Å². The summed E-state index contributed by atoms with van der Waals surface area (Å²) in [5.41, 5.74) is 8.78. The molecule has 4 nitrogen and oxygen atoms in total. The summed E-state index contributed by atoms with van der Waals surface area (Å²) in [6.07, 6.45) is 0. The van der Waals surface area contributed by atoms with Crippen molar-refractivity contribution in [1.29, 1.82) is 0 Å². The van der Waals surface area contributed by atoms with E-state index in [0.717, 1.165) is 5.69 Å². The molecule has 0 unspecified atom stereocenters. The molecule has 0 spiro atoms. The number of rotatable bonds is 4. The second kappa shape index (κ2) is 5.61. The average Bonchev–Trinajstić information content (AvgIpc) is 2.41. The summed E-state index contributed by atoms with van der Waals surface area (Å²) in [6, 6.07) is 11.7. The van der Waals surface area contributed by atoms with Crippen LogP contribution in [0.4, 0.5) is 17.2 Å². The van der Waals surface area contributed by atoms with Crippen LogP contribution < -0.4 is 15.8 Å². The molecule has 1 aromatic heterocycles. The van der Waals surface area contributed by atoms with Crippen LogP contribution in [0.1, 0.15) is 25.3 Å². The van der Waals surface area contributed by atoms with E-state index in [-0.39, 0.29) is 0 Å². The molecule has 0 fully saturated rings. The van der Waals surface area contributed by atoms with Gasteiger partial charge in [0.2, 0.25) is 5.88 Å². The van der Waals surface area contributed by atoms with Crippen LogP contribution in [0.25, 0.3) is 0 Å². The maximum absolute atomic E-state index is 5.94. The van der Waals surface area contributed by atoms with E-state index in [9.17, 15) is 0 Å². The fraction of sp³-hybridized carbons (Fsp3) is 0.267. The van der Waals surface area contributed by atoms with Crippen molar-refractivity contribution in [1.82, 2.24) is 4.98 Å². The van der Waals surface area contributed by atoms with Crippen LogP contribution in [0.3, 0.4) is 0 Å². The number of benzene rings is 1. The zero-order chi connectivity index (χ0) is 13.8. The van der Waals surface area contributed by atoms with Crippen molar-refractivity contribution < 1.29 is 4.74 Å². The van der Waals surface area contributed by atoms with Crippen LogP contribution in [0.15, 0.2) is 36.4 Å². The first-order chi connectivity index (χ1) is 9.11. The molecule has 4 heteroatoms. The third-order valence-corrected chi connectivity index (χ3v) is 2.95. The van der Waals surface area contributed by atoms with Crippen molar-refractivity contribution in [2.75, 3.05) is 18.2 Å². The van der Waals surface area contributed by atoms with Gasteiger partial charge in [0, 0.05) is 11.8 Å². The number of aromatic nitrogens is 1. The largest absolute Gasteiger partial charge is 0.481 e. The third kappa shape index (κ3) is 2.96. The number of anilines is 3. The third-order valence-electron chi connectivity index (χ3n) is 2.95. The zero-order valence-electron chi connectivity index (χ0n) is 11.5. The summed E-state index contributed by atoms with van der Waals surface area (Å²) in [6.45, 7) is 4.31. The molecule has 0 saturated heterocycles. The molecule has 0 aliphatic heterocycles. The Hall–Kier alpha value is -2.23. The quantitative estimate of drug-likeness (QED) is 0.879. The Labute approximate surface area is 113 Å². The lowest BCUT2D eigenvalue weighted by molar-refractivity contribution is 0.398. The second-order valence-corrected chi connectivity index (χ2v) is 4.66. The average molecular weight is 257 g/mol. The summed E-state index contributed by atoms with van der Waals surface area (Å²) >= 11 is 0. The lowest BCUT2D eigenvalue weighted by Gasteiger charge is -2.15. The van der Waals surface area contributed by atoms with E-state index >= 15 is 0 Å². The number of para-hydroxylation sites is 1. The van der Waals surface area contributed by atoms with Crippen LogP contribution in [-0.2, 0) is 0 Å². The van der Waals surface area contributed by atoms with Gasteiger partial charge in [-0.05, 0) is 23.6 Å². The summed E-state index contributed by atoms with van der Waals surface area (Å²) < 4.78 is 5.12. The van der Waals surface area contributed by atoms with Crippen molar-refractivity contribution in [3.05, 3.63) is 42.0 Å². The number of nitrogens with zero attached hydrogens (tertiary/aromatic N) is 1. The van der Waals surface area contributed by atoms with Gasteiger partial charge in [0.1, 0.15) is 0 Å². The minimum atomic E-state index is 0.426. The Bertz CT molecular complexity index is 567. The molecule has 0 amide bonds. The Balaban J connectivity index is 2.36. The molecule has 0 aliphatic rings. The summed E-state index contributed by atoms with van der Waals surface area (Å²) in [7, 11) is 1.59. The highest BCUT2D eigenvalue weighted by Gasteiger charge is 2.09. The van der Waals surface area contributed by atoms with E-state index in [1.807, 2.05) is 18.2 Å². The molecule has 100 valence electrons. The SMILES string of the molecule is COc1ccc(N)c(Nc2ccccc2C(C)C)n1. The minimum absolute atomic E-state index is 0.426. The number of nitrogen functional groups attached to an aromatic ring is 1. The molecule has 19 heavy (non-hydrogen) atoms. The maximum atomic E-state index is 5.94. The summed E-state index contributed by atoms with van der Waals surface area (Å²) in [4.78, 5) is 4.33. The number of nitrogens with one attached hydrogen (secondary N) is 1. The predicted molar refractivity (Wildman–Crippen MR) is 79.0 cm³/mol. The van der Waals surface area contributed by atoms with Gasteiger partial charge in [0.05, 0.1) is 12.8 Å². The standard InChI is InChI=1S/C15H19N3O/c1-10(2)11-6-4-5-7-13(11)17-15-12(16)8-9-14(18-15)19-3/h4-10H,16H2,1-3H3,(H,17,18). The van der Waals surface area contributed by atoms with Crippen molar-refractivity contribution in [2.45, 2.75) is 19.8 Å². The van der Waals surface area contributed by atoms with Gasteiger partial charge in [-0.25, -0.2) is 0 Å². The van der Waals surface area contributed by atoms with Crippen LogP contribution in [0.5, 0.6) is 5.88 Å². The Morgan fingerprint density at radius 1 is 1.16 bits per heavy atom. The number of pyridine rings is 1. The minimum Gasteiger partial charge on any atom is -0.481 e. The summed E-state index contributed by atoms with van der Waals surface area (Å²) in [5.74, 6) is 1.58. The molecule has 0 atom stereocenters. The first-order valence-corrected chi connectivity index (χ1v) is 6.28. The molecular formula is C15H19N3O. The molecular weight excluding hydrogens is 238 g/mol. The highest BCUT2D eigenvalue weighted by molar-refractivity contribution is 5.71. The first-order valence-electron chi connectivity index (χ1n) is 6.28. The smallest absolute Gasteiger partial charge is 0.215 e. The van der Waals surface area contributed by atoms with Crippen molar-refractivity contribution in [3.8, 4) is 5.88 Å². The highest BCUT2D eigenvalue weighted by atomic mass is 16.5. The van der Waals surface area contributed by atoms with E-state index in [1.54, 1.807) is 19.2 Å². The fourth-order valence-electron chi connectivity index (χ4n) is 1.91. The number of hydrogen-bond acceptors (Lipinski definition) is 4. The predicted octanol–water partition coefficient (Wildman–Crippen LogP) is 3.54. The highest BCUT2D eigenvalue weighted by Crippen LogP contribution is 2.29. The van der Waals surface area contributed by atoms with Crippen molar-refractivity contribution in [3.63, 3.8) is 0 Å². The molecule has 2 aromatic rings. The first kappa shape index (κ1) is 13.2. The van der Waals surface area contributed by atoms with Gasteiger partial charge in [0.25, 0.3) is 0 Å². The molecule has 0 saturated carbocycles. The topological polar surface area (TPSA) is 60.2 Å². The molecule has 1 heterocycles. The Kier molecular flexibility index (Phi) is 3.90. The lowest BCUT2D eigenvalue weighted by Crippen LogP contribution is -2.03. The molecule has 0 radical (unpaired) electrons. The van der Waals surface area contributed by atoms with Gasteiger partial charge < -0.3 is 15.8 Å². The fourth-order valence-corrected chi connectivity index (χ4v) is 1.91. The van der Waals surface area contributed by atoms with Gasteiger partial charge in [-0.1, -0.05) is 32.0 Å². The molecule has 2 rings (SSSR count). The van der Waals surface area contributed by atoms with E-state index < -0.39 is 0 Å². The van der Waals surface area contributed by atoms with E-state index in [0.29, 0.717) is 23.3 Å². The normalized spacial score (nSPS) is 10.5. The van der Waals surface area contributed by atoms with E-state index in [2.05, 4.69) is 30.2 Å². The number of nitrogens with two attached hydrogens (primary N) is 1. The van der Waals surface area contributed by atoms with Gasteiger partial charge in [-0.2, -0.15) is 4.98 Å². The van der Waals surface area contributed by atoms with Crippen LogP contribution in [0.2, 0.25) is 0 Å².